The zero-order valence-electron chi connectivity index (χ0n) is 12.4. The maximum absolute atomic E-state index is 8.52. The summed E-state index contributed by atoms with van der Waals surface area (Å²) in [5, 5.41) is 0. The maximum Gasteiger partial charge on any atom is 1.00 e. The fourth-order valence-electron chi connectivity index (χ4n) is 1.25. The molecule has 0 radical (unpaired) electrons. The molecule has 0 bridgehead atoms. The van der Waals surface area contributed by atoms with Crippen LogP contribution < -0.4 is 63.9 Å². The van der Waals surface area contributed by atoms with Gasteiger partial charge in [0.2, 0.25) is 0 Å². The minimum Gasteiger partial charge on any atom is -0.759 e. The third-order valence-electron chi connectivity index (χ3n) is 2.01. The molecule has 0 N–H and O–H groups in total. The van der Waals surface area contributed by atoms with Crippen molar-refractivity contribution in [1.29, 1.82) is 0 Å². The van der Waals surface area contributed by atoms with Gasteiger partial charge in [0.05, 0.1) is 6.26 Å². The van der Waals surface area contributed by atoms with Crippen molar-refractivity contribution >= 4 is 16.5 Å². The van der Waals surface area contributed by atoms with Crippen LogP contribution >= 0.6 is 0 Å². The number of benzene rings is 2. The van der Waals surface area contributed by atoms with Crippen LogP contribution in [0, 0.1) is 0 Å². The minimum atomic E-state index is -5.17. The average Bonchev–Trinajstić information content (AvgIpc) is 2.39. The summed E-state index contributed by atoms with van der Waals surface area (Å²) in [4.78, 5) is 0. The summed E-state index contributed by atoms with van der Waals surface area (Å²) in [6, 6.07) is 19.8. The van der Waals surface area contributed by atoms with Crippen LogP contribution in [0.5, 0.6) is 5.75 Å². The Balaban J connectivity index is 0. The summed E-state index contributed by atoms with van der Waals surface area (Å²) >= 11 is 0. The monoisotopic (exact) mass is 338 g/mol. The fourth-order valence-corrected chi connectivity index (χ4v) is 1.25. The van der Waals surface area contributed by atoms with Crippen LogP contribution in [0.3, 0.4) is 0 Å². The van der Waals surface area contributed by atoms with E-state index in [-0.39, 0.29) is 59.1 Å². The molecule has 2 aromatic rings. The van der Waals surface area contributed by atoms with Crippen molar-refractivity contribution in [1.82, 2.24) is 0 Å². The Morgan fingerprint density at radius 2 is 1.23 bits per heavy atom. The van der Waals surface area contributed by atoms with Crippen LogP contribution in [0.4, 0.5) is 0 Å². The molecule has 2 rings (SSSR count). The molecule has 0 atom stereocenters. The first-order valence-corrected chi connectivity index (χ1v) is 6.88. The second-order valence-corrected chi connectivity index (χ2v) is 4.37. The molecule has 0 saturated heterocycles. The fraction of sp³-hybridized carbons (Fsp3) is 0. The second-order valence-electron chi connectivity index (χ2n) is 3.55. The number of ether oxygens (including phenoxy) is 1. The summed E-state index contributed by atoms with van der Waals surface area (Å²) in [6.45, 7) is 0. The predicted octanol–water partition coefficient (Wildman–Crippen LogP) is -3.59. The van der Waals surface area contributed by atoms with Crippen molar-refractivity contribution in [2.45, 2.75) is 0 Å². The van der Waals surface area contributed by atoms with E-state index in [0.717, 1.165) is 11.3 Å². The van der Waals surface area contributed by atoms with E-state index in [1.165, 1.54) is 0 Å². The van der Waals surface area contributed by atoms with E-state index in [2.05, 4.69) is 0 Å². The molecule has 0 saturated carbocycles. The Hall–Kier alpha value is -0.150. The third kappa shape index (κ3) is 14.8. The smallest absolute Gasteiger partial charge is 0.759 e. The zero-order valence-corrected chi connectivity index (χ0v) is 17.2. The number of hydrogen-bond acceptors (Lipinski definition) is 5. The number of rotatable bonds is 3. The molecule has 22 heavy (non-hydrogen) atoms. The molecule has 106 valence electrons. The van der Waals surface area contributed by atoms with Crippen molar-refractivity contribution in [2.75, 3.05) is 0 Å². The van der Waals surface area contributed by atoms with Crippen LogP contribution in [-0.2, 0) is 10.4 Å². The topological polar surface area (TPSA) is 89.5 Å². The molecule has 0 heterocycles. The van der Waals surface area contributed by atoms with Gasteiger partial charge in [-0.25, -0.2) is 0 Å². The first-order chi connectivity index (χ1) is 9.45. The second kappa shape index (κ2) is 13.3. The largest absolute Gasteiger partial charge is 1.00 e. The number of hydrogen-bond donors (Lipinski definition) is 0. The standard InChI is InChI=1S/C14H12O.2Na.H2O4S/c1-3-7-13(8-4-1)11-12-15-14-9-5-2-6-10-14;;;1-5(2,3)4/h1-12H;;;(H2,1,2,3,4)/q;2*+1;/p-2. The Morgan fingerprint density at radius 1 is 0.818 bits per heavy atom. The normalized spacial score (nSPS) is 9.73. The summed E-state index contributed by atoms with van der Waals surface area (Å²) < 4.78 is 39.5. The SMILES string of the molecule is C(=Cc1ccccc1)Oc1ccccc1.O=S(=O)([O-])[O-].[Na+].[Na+]. The summed E-state index contributed by atoms with van der Waals surface area (Å²) in [5.74, 6) is 0.852. The van der Waals surface area contributed by atoms with Crippen LogP contribution in [0.1, 0.15) is 5.56 Å². The van der Waals surface area contributed by atoms with Gasteiger partial charge in [0.1, 0.15) is 5.75 Å². The van der Waals surface area contributed by atoms with Crippen molar-refractivity contribution < 1.29 is 81.4 Å². The van der Waals surface area contributed by atoms with E-state index in [4.69, 9.17) is 22.3 Å². The van der Waals surface area contributed by atoms with E-state index in [0.29, 0.717) is 0 Å². The Kier molecular flexibility index (Phi) is 14.6. The van der Waals surface area contributed by atoms with Gasteiger partial charge in [-0.3, -0.25) is 8.42 Å². The zero-order chi connectivity index (χ0) is 14.8. The Labute approximate surface area is 174 Å². The molecule has 0 aliphatic rings. The van der Waals surface area contributed by atoms with E-state index >= 15 is 0 Å². The van der Waals surface area contributed by atoms with Crippen LogP contribution in [0.2, 0.25) is 0 Å². The van der Waals surface area contributed by atoms with Gasteiger partial charge < -0.3 is 13.8 Å². The van der Waals surface area contributed by atoms with Gasteiger partial charge in [0, 0.05) is 10.4 Å². The van der Waals surface area contributed by atoms with Gasteiger partial charge in [0.15, 0.2) is 0 Å². The molecule has 0 aromatic heterocycles. The van der Waals surface area contributed by atoms with Gasteiger partial charge >= 0.3 is 59.1 Å². The van der Waals surface area contributed by atoms with Crippen molar-refractivity contribution in [3.63, 3.8) is 0 Å². The molecule has 2 aromatic carbocycles. The average molecular weight is 338 g/mol. The molecule has 8 heteroatoms. The first kappa shape index (κ1) is 24.1. The molecule has 0 unspecified atom stereocenters. The number of para-hydroxylation sites is 1. The van der Waals surface area contributed by atoms with Gasteiger partial charge in [-0.2, -0.15) is 0 Å². The van der Waals surface area contributed by atoms with E-state index in [9.17, 15) is 0 Å². The molecule has 0 fully saturated rings. The Bertz CT molecular complexity index is 623. The first-order valence-electron chi connectivity index (χ1n) is 5.55. The van der Waals surface area contributed by atoms with Crippen LogP contribution in [0.15, 0.2) is 66.9 Å². The molecule has 0 aliphatic carbocycles. The quantitative estimate of drug-likeness (QED) is 0.250. The van der Waals surface area contributed by atoms with Gasteiger partial charge in [-0.15, -0.1) is 0 Å². The molecule has 5 nitrogen and oxygen atoms in total. The third-order valence-corrected chi connectivity index (χ3v) is 2.01. The summed E-state index contributed by atoms with van der Waals surface area (Å²) in [7, 11) is -5.17. The van der Waals surface area contributed by atoms with Crippen molar-refractivity contribution in [2.24, 2.45) is 0 Å². The van der Waals surface area contributed by atoms with Gasteiger partial charge in [0.25, 0.3) is 0 Å². The van der Waals surface area contributed by atoms with Crippen molar-refractivity contribution in [3.8, 4) is 5.75 Å². The van der Waals surface area contributed by atoms with E-state index in [1.807, 2.05) is 66.7 Å². The molecular weight excluding hydrogens is 326 g/mol. The minimum absolute atomic E-state index is 0. The van der Waals surface area contributed by atoms with Crippen LogP contribution in [-0.4, -0.2) is 17.5 Å². The van der Waals surface area contributed by atoms with Crippen LogP contribution in [0.25, 0.3) is 6.08 Å². The molecular formula is C14H12Na2O5S. The maximum atomic E-state index is 8.52. The molecule has 0 amide bonds. The van der Waals surface area contributed by atoms with E-state index in [1.54, 1.807) is 6.26 Å². The summed E-state index contributed by atoms with van der Waals surface area (Å²) in [5.41, 5.74) is 1.13. The van der Waals surface area contributed by atoms with Crippen molar-refractivity contribution in [3.05, 3.63) is 72.5 Å². The molecule has 0 spiro atoms. The molecule has 0 aliphatic heterocycles. The van der Waals surface area contributed by atoms with E-state index < -0.39 is 10.4 Å². The summed E-state index contributed by atoms with van der Waals surface area (Å²) in [6.07, 6.45) is 3.64. The predicted molar refractivity (Wildman–Crippen MR) is 73.0 cm³/mol. The van der Waals surface area contributed by atoms with Gasteiger partial charge in [-0.1, -0.05) is 48.5 Å². The van der Waals surface area contributed by atoms with Gasteiger partial charge in [-0.05, 0) is 23.8 Å². The Morgan fingerprint density at radius 3 is 1.68 bits per heavy atom.